The van der Waals surface area contributed by atoms with Gasteiger partial charge in [-0.2, -0.15) is 0 Å². The van der Waals surface area contributed by atoms with Crippen molar-refractivity contribution in [3.63, 3.8) is 0 Å². The van der Waals surface area contributed by atoms with E-state index in [1.165, 1.54) is 0 Å². The number of carbonyl (C=O) groups is 1. The number of aliphatic hydroxyl groups is 1. The van der Waals surface area contributed by atoms with E-state index in [0.717, 1.165) is 50.0 Å². The fourth-order valence-corrected chi connectivity index (χ4v) is 2.04. The second-order valence-corrected chi connectivity index (χ2v) is 4.81. The molecule has 112 valence electrons. The Kier molecular flexibility index (Phi) is 7.92. The van der Waals surface area contributed by atoms with Crippen LogP contribution in [0.5, 0.6) is 5.75 Å². The van der Waals surface area contributed by atoms with Crippen LogP contribution in [0.2, 0.25) is 0 Å². The van der Waals surface area contributed by atoms with Crippen molar-refractivity contribution in [2.45, 2.75) is 39.0 Å². The second-order valence-electron chi connectivity index (χ2n) is 4.81. The van der Waals surface area contributed by atoms with Gasteiger partial charge in [0.25, 0.3) is 0 Å². The number of ketones is 1. The molecule has 0 unspecified atom stereocenters. The first-order valence-corrected chi connectivity index (χ1v) is 7.32. The maximum Gasteiger partial charge on any atom is 0.188 e. The number of benzene rings is 1. The molecule has 0 aliphatic carbocycles. The summed E-state index contributed by atoms with van der Waals surface area (Å²) < 4.78 is 5.77. The van der Waals surface area contributed by atoms with E-state index in [1.807, 2.05) is 19.1 Å². The SMILES string of the molecule is CCc1cc(C(=O)CO)ccc1OCCCCCCN. The zero-order valence-electron chi connectivity index (χ0n) is 12.2. The monoisotopic (exact) mass is 279 g/mol. The molecular weight excluding hydrogens is 254 g/mol. The van der Waals surface area contributed by atoms with Crippen LogP contribution in [-0.2, 0) is 6.42 Å². The third-order valence-electron chi connectivity index (χ3n) is 3.26. The molecule has 4 nitrogen and oxygen atoms in total. The summed E-state index contributed by atoms with van der Waals surface area (Å²) in [4.78, 5) is 11.5. The number of Topliss-reactive ketones (excluding diaryl/α,β-unsaturated/α-hetero) is 1. The van der Waals surface area contributed by atoms with Crippen LogP contribution in [0.3, 0.4) is 0 Å². The van der Waals surface area contributed by atoms with E-state index in [4.69, 9.17) is 15.6 Å². The van der Waals surface area contributed by atoms with Gasteiger partial charge < -0.3 is 15.6 Å². The number of aryl methyl sites for hydroxylation is 1. The summed E-state index contributed by atoms with van der Waals surface area (Å²) in [6.07, 6.45) is 5.15. The predicted molar refractivity (Wildman–Crippen MR) is 80.3 cm³/mol. The zero-order chi connectivity index (χ0) is 14.8. The molecule has 0 saturated carbocycles. The van der Waals surface area contributed by atoms with Crippen molar-refractivity contribution >= 4 is 5.78 Å². The smallest absolute Gasteiger partial charge is 0.188 e. The van der Waals surface area contributed by atoms with E-state index in [1.54, 1.807) is 6.07 Å². The van der Waals surface area contributed by atoms with Crippen LogP contribution in [-0.4, -0.2) is 30.6 Å². The average Bonchev–Trinajstić information content (AvgIpc) is 2.50. The molecule has 0 aliphatic rings. The first-order valence-electron chi connectivity index (χ1n) is 7.32. The molecule has 0 aliphatic heterocycles. The number of hydrogen-bond donors (Lipinski definition) is 2. The number of nitrogens with two attached hydrogens (primary N) is 1. The number of ether oxygens (including phenoxy) is 1. The highest BCUT2D eigenvalue weighted by Gasteiger charge is 2.08. The van der Waals surface area contributed by atoms with E-state index < -0.39 is 6.61 Å². The van der Waals surface area contributed by atoms with E-state index >= 15 is 0 Å². The molecule has 0 saturated heterocycles. The minimum Gasteiger partial charge on any atom is -0.493 e. The molecule has 0 fully saturated rings. The lowest BCUT2D eigenvalue weighted by Crippen LogP contribution is -2.06. The molecule has 0 heterocycles. The summed E-state index contributed by atoms with van der Waals surface area (Å²) in [5.74, 6) is 0.578. The zero-order valence-corrected chi connectivity index (χ0v) is 12.2. The van der Waals surface area contributed by atoms with Crippen molar-refractivity contribution in [1.29, 1.82) is 0 Å². The van der Waals surface area contributed by atoms with Gasteiger partial charge in [0.1, 0.15) is 12.4 Å². The first-order chi connectivity index (χ1) is 9.72. The highest BCUT2D eigenvalue weighted by Crippen LogP contribution is 2.21. The molecule has 0 bridgehead atoms. The Morgan fingerprint density at radius 3 is 2.65 bits per heavy atom. The molecule has 0 atom stereocenters. The molecule has 20 heavy (non-hydrogen) atoms. The second kappa shape index (κ2) is 9.50. The third-order valence-corrected chi connectivity index (χ3v) is 3.26. The Morgan fingerprint density at radius 2 is 2.00 bits per heavy atom. The molecular formula is C16H25NO3. The Bertz CT molecular complexity index is 418. The highest BCUT2D eigenvalue weighted by atomic mass is 16.5. The number of aliphatic hydroxyl groups excluding tert-OH is 1. The van der Waals surface area contributed by atoms with Gasteiger partial charge in [-0.25, -0.2) is 0 Å². The summed E-state index contributed by atoms with van der Waals surface area (Å²) in [5, 5.41) is 8.88. The minimum atomic E-state index is -0.454. The molecule has 0 radical (unpaired) electrons. The van der Waals surface area contributed by atoms with Gasteiger partial charge in [-0.1, -0.05) is 19.8 Å². The maximum absolute atomic E-state index is 11.5. The topological polar surface area (TPSA) is 72.5 Å². The Labute approximate surface area is 120 Å². The van der Waals surface area contributed by atoms with Crippen LogP contribution in [0.1, 0.15) is 48.5 Å². The molecule has 0 aromatic heterocycles. The molecule has 0 amide bonds. The Hall–Kier alpha value is -1.39. The quantitative estimate of drug-likeness (QED) is 0.509. The van der Waals surface area contributed by atoms with Gasteiger partial charge in [-0.15, -0.1) is 0 Å². The largest absolute Gasteiger partial charge is 0.493 e. The molecule has 4 heteroatoms. The summed E-state index contributed by atoms with van der Waals surface area (Å²) in [7, 11) is 0. The predicted octanol–water partition coefficient (Wildman–Crippen LogP) is 2.32. The summed E-state index contributed by atoms with van der Waals surface area (Å²) in [6.45, 7) is 3.01. The molecule has 0 spiro atoms. The van der Waals surface area contributed by atoms with Crippen LogP contribution in [0.15, 0.2) is 18.2 Å². The molecule has 3 N–H and O–H groups in total. The van der Waals surface area contributed by atoms with Crippen molar-refractivity contribution < 1.29 is 14.6 Å². The average molecular weight is 279 g/mol. The number of carbonyl (C=O) groups excluding carboxylic acids is 1. The van der Waals surface area contributed by atoms with Gasteiger partial charge in [0.15, 0.2) is 5.78 Å². The van der Waals surface area contributed by atoms with Crippen molar-refractivity contribution in [2.24, 2.45) is 5.73 Å². The lowest BCUT2D eigenvalue weighted by molar-refractivity contribution is 0.0903. The fraction of sp³-hybridized carbons (Fsp3) is 0.562. The number of hydrogen-bond acceptors (Lipinski definition) is 4. The van der Waals surface area contributed by atoms with E-state index in [-0.39, 0.29) is 5.78 Å². The summed E-state index contributed by atoms with van der Waals surface area (Å²) in [6, 6.07) is 5.34. The summed E-state index contributed by atoms with van der Waals surface area (Å²) in [5.41, 5.74) is 6.99. The fourth-order valence-electron chi connectivity index (χ4n) is 2.04. The van der Waals surface area contributed by atoms with Gasteiger partial charge in [0.05, 0.1) is 6.61 Å². The number of rotatable bonds is 10. The lowest BCUT2D eigenvalue weighted by atomic mass is 10.0. The van der Waals surface area contributed by atoms with Crippen LogP contribution in [0, 0.1) is 0 Å². The Balaban J connectivity index is 2.51. The van der Waals surface area contributed by atoms with Gasteiger partial charge in [-0.05, 0) is 49.6 Å². The van der Waals surface area contributed by atoms with E-state index in [0.29, 0.717) is 12.2 Å². The van der Waals surface area contributed by atoms with Crippen molar-refractivity contribution in [1.82, 2.24) is 0 Å². The van der Waals surface area contributed by atoms with Crippen LogP contribution in [0.25, 0.3) is 0 Å². The lowest BCUT2D eigenvalue weighted by Gasteiger charge is -2.11. The van der Waals surface area contributed by atoms with E-state index in [2.05, 4.69) is 0 Å². The van der Waals surface area contributed by atoms with Crippen LogP contribution < -0.4 is 10.5 Å². The Morgan fingerprint density at radius 1 is 1.25 bits per heavy atom. The molecule has 1 rings (SSSR count). The van der Waals surface area contributed by atoms with Gasteiger partial charge in [0.2, 0.25) is 0 Å². The van der Waals surface area contributed by atoms with E-state index in [9.17, 15) is 4.79 Å². The van der Waals surface area contributed by atoms with Crippen LogP contribution >= 0.6 is 0 Å². The van der Waals surface area contributed by atoms with Crippen molar-refractivity contribution in [2.75, 3.05) is 19.8 Å². The van der Waals surface area contributed by atoms with Gasteiger partial charge in [-0.3, -0.25) is 4.79 Å². The summed E-state index contributed by atoms with van der Waals surface area (Å²) >= 11 is 0. The van der Waals surface area contributed by atoms with Gasteiger partial charge >= 0.3 is 0 Å². The highest BCUT2D eigenvalue weighted by molar-refractivity contribution is 5.97. The maximum atomic E-state index is 11.5. The minimum absolute atomic E-state index is 0.256. The first kappa shape index (κ1) is 16.7. The standard InChI is InChI=1S/C16H25NO3/c1-2-13-11-14(15(19)12-18)7-8-16(13)20-10-6-4-3-5-9-17/h7-8,11,18H,2-6,9-10,12,17H2,1H3. The molecule has 1 aromatic carbocycles. The van der Waals surface area contributed by atoms with Crippen LogP contribution in [0.4, 0.5) is 0 Å². The van der Waals surface area contributed by atoms with Crippen molar-refractivity contribution in [3.05, 3.63) is 29.3 Å². The third kappa shape index (κ3) is 5.31. The normalized spacial score (nSPS) is 10.6. The van der Waals surface area contributed by atoms with Gasteiger partial charge in [0, 0.05) is 5.56 Å². The molecule has 1 aromatic rings. The van der Waals surface area contributed by atoms with Crippen molar-refractivity contribution in [3.8, 4) is 5.75 Å². The number of unbranched alkanes of at least 4 members (excludes halogenated alkanes) is 3.